The standard InChI is InChI=1S/C17H18ClNO4S/c1-22-16-9-8-13(18)12-17(16)24(20,21)19-10-4-5-11-23-15-7-3-2-6-14(15)19/h2-3,6-9,12H,4-5,10-11H2,1H3. The topological polar surface area (TPSA) is 55.8 Å². The van der Waals surface area contributed by atoms with Gasteiger partial charge in [0, 0.05) is 11.6 Å². The molecule has 0 aromatic heterocycles. The molecule has 0 atom stereocenters. The van der Waals surface area contributed by atoms with Gasteiger partial charge in [-0.2, -0.15) is 0 Å². The Hall–Kier alpha value is -1.92. The van der Waals surface area contributed by atoms with Gasteiger partial charge in [0.25, 0.3) is 10.0 Å². The molecule has 0 bridgehead atoms. The van der Waals surface area contributed by atoms with E-state index < -0.39 is 10.0 Å². The predicted octanol–water partition coefficient (Wildman–Crippen LogP) is 3.72. The van der Waals surface area contributed by atoms with Crippen molar-refractivity contribution in [3.63, 3.8) is 0 Å². The van der Waals surface area contributed by atoms with Crippen LogP contribution in [-0.4, -0.2) is 28.7 Å². The van der Waals surface area contributed by atoms with Crippen LogP contribution < -0.4 is 13.8 Å². The molecule has 2 aromatic carbocycles. The number of rotatable bonds is 3. The van der Waals surface area contributed by atoms with E-state index in [1.807, 2.05) is 6.07 Å². The molecular formula is C17H18ClNO4S. The molecule has 0 fully saturated rings. The molecule has 24 heavy (non-hydrogen) atoms. The van der Waals surface area contributed by atoms with E-state index in [1.165, 1.54) is 17.5 Å². The highest BCUT2D eigenvalue weighted by atomic mass is 35.5. The summed E-state index contributed by atoms with van der Waals surface area (Å²) in [5.41, 5.74) is 0.527. The van der Waals surface area contributed by atoms with E-state index in [9.17, 15) is 8.42 Å². The lowest BCUT2D eigenvalue weighted by molar-refractivity contribution is 0.304. The van der Waals surface area contributed by atoms with E-state index in [-0.39, 0.29) is 10.6 Å². The largest absolute Gasteiger partial charge is 0.495 e. The number of hydrogen-bond donors (Lipinski definition) is 0. The molecular weight excluding hydrogens is 350 g/mol. The van der Waals surface area contributed by atoms with Gasteiger partial charge in [0.1, 0.15) is 16.4 Å². The lowest BCUT2D eigenvalue weighted by Crippen LogP contribution is -2.33. The summed E-state index contributed by atoms with van der Waals surface area (Å²) in [6.07, 6.45) is 1.49. The van der Waals surface area contributed by atoms with Gasteiger partial charge >= 0.3 is 0 Å². The molecule has 1 aliphatic heterocycles. The molecule has 0 spiro atoms. The van der Waals surface area contributed by atoms with E-state index in [0.29, 0.717) is 36.0 Å². The van der Waals surface area contributed by atoms with Gasteiger partial charge in [0.05, 0.1) is 19.4 Å². The molecule has 0 radical (unpaired) electrons. The fourth-order valence-corrected chi connectivity index (χ4v) is 4.60. The van der Waals surface area contributed by atoms with E-state index in [1.54, 1.807) is 30.3 Å². The van der Waals surface area contributed by atoms with E-state index in [4.69, 9.17) is 21.1 Å². The number of sulfonamides is 1. The van der Waals surface area contributed by atoms with Crippen molar-refractivity contribution in [2.24, 2.45) is 0 Å². The first kappa shape index (κ1) is 16.9. The zero-order valence-electron chi connectivity index (χ0n) is 13.2. The van der Waals surface area contributed by atoms with Crippen LogP contribution in [0.15, 0.2) is 47.4 Å². The highest BCUT2D eigenvalue weighted by Gasteiger charge is 2.30. The minimum atomic E-state index is -3.84. The molecule has 2 aromatic rings. The average Bonchev–Trinajstić information content (AvgIpc) is 2.55. The van der Waals surface area contributed by atoms with Gasteiger partial charge in [-0.05, 0) is 43.2 Å². The molecule has 0 N–H and O–H groups in total. The zero-order chi connectivity index (χ0) is 17.2. The molecule has 1 aliphatic rings. The van der Waals surface area contributed by atoms with Crippen LogP contribution in [-0.2, 0) is 10.0 Å². The summed E-state index contributed by atoms with van der Waals surface area (Å²) in [6, 6.07) is 11.7. The molecule has 0 saturated heterocycles. The Morgan fingerprint density at radius 1 is 1.17 bits per heavy atom. The molecule has 0 unspecified atom stereocenters. The van der Waals surface area contributed by atoms with Gasteiger partial charge in [-0.3, -0.25) is 4.31 Å². The van der Waals surface area contributed by atoms with Crippen molar-refractivity contribution >= 4 is 27.3 Å². The predicted molar refractivity (Wildman–Crippen MR) is 93.7 cm³/mol. The number of halogens is 1. The summed E-state index contributed by atoms with van der Waals surface area (Å²) in [4.78, 5) is 0.0490. The van der Waals surface area contributed by atoms with Crippen LogP contribution >= 0.6 is 11.6 Å². The van der Waals surface area contributed by atoms with Gasteiger partial charge in [-0.25, -0.2) is 8.42 Å². The van der Waals surface area contributed by atoms with Crippen molar-refractivity contribution in [3.05, 3.63) is 47.5 Å². The smallest absolute Gasteiger partial charge is 0.268 e. The third-order valence-electron chi connectivity index (χ3n) is 3.84. The minimum Gasteiger partial charge on any atom is -0.495 e. The summed E-state index contributed by atoms with van der Waals surface area (Å²) < 4.78 is 38.9. The quantitative estimate of drug-likeness (QED) is 0.829. The first-order chi connectivity index (χ1) is 11.5. The van der Waals surface area contributed by atoms with E-state index >= 15 is 0 Å². The molecule has 0 aliphatic carbocycles. The Morgan fingerprint density at radius 3 is 2.75 bits per heavy atom. The third kappa shape index (κ3) is 3.16. The van der Waals surface area contributed by atoms with Crippen LogP contribution in [0.3, 0.4) is 0 Å². The van der Waals surface area contributed by atoms with Crippen LogP contribution in [0.1, 0.15) is 12.8 Å². The van der Waals surface area contributed by atoms with Crippen molar-refractivity contribution in [2.45, 2.75) is 17.7 Å². The summed E-state index contributed by atoms with van der Waals surface area (Å²) >= 11 is 6.01. The third-order valence-corrected chi connectivity index (χ3v) is 5.91. The Kier molecular flexibility index (Phi) is 4.87. The number of fused-ring (bicyclic) bond motifs is 1. The Labute approximate surface area is 146 Å². The van der Waals surface area contributed by atoms with Gasteiger partial charge < -0.3 is 9.47 Å². The highest BCUT2D eigenvalue weighted by molar-refractivity contribution is 7.93. The average molecular weight is 368 g/mol. The first-order valence-corrected chi connectivity index (χ1v) is 9.44. The molecule has 1 heterocycles. The Bertz CT molecular complexity index is 838. The van der Waals surface area contributed by atoms with Gasteiger partial charge in [0.2, 0.25) is 0 Å². The summed E-state index contributed by atoms with van der Waals surface area (Å²) in [5, 5.41) is 0.339. The minimum absolute atomic E-state index is 0.0490. The summed E-state index contributed by atoms with van der Waals surface area (Å²) in [7, 11) is -2.40. The number of para-hydroxylation sites is 2. The lowest BCUT2D eigenvalue weighted by Gasteiger charge is -2.28. The molecule has 3 rings (SSSR count). The maximum Gasteiger partial charge on any atom is 0.268 e. The number of nitrogens with zero attached hydrogens (tertiary/aromatic N) is 1. The van der Waals surface area contributed by atoms with Crippen LogP contribution in [0.2, 0.25) is 5.02 Å². The second-order valence-electron chi connectivity index (χ2n) is 5.40. The fourth-order valence-electron chi connectivity index (χ4n) is 2.67. The normalized spacial score (nSPS) is 15.0. The van der Waals surface area contributed by atoms with Crippen LogP contribution in [0, 0.1) is 0 Å². The first-order valence-electron chi connectivity index (χ1n) is 7.62. The Morgan fingerprint density at radius 2 is 1.96 bits per heavy atom. The lowest BCUT2D eigenvalue weighted by atomic mass is 10.2. The molecule has 5 nitrogen and oxygen atoms in total. The molecule has 0 saturated carbocycles. The Balaban J connectivity index is 2.15. The van der Waals surface area contributed by atoms with Gasteiger partial charge in [-0.15, -0.1) is 0 Å². The van der Waals surface area contributed by atoms with Crippen molar-refractivity contribution in [2.75, 3.05) is 24.6 Å². The van der Waals surface area contributed by atoms with E-state index in [2.05, 4.69) is 0 Å². The molecule has 128 valence electrons. The zero-order valence-corrected chi connectivity index (χ0v) is 14.8. The fraction of sp³-hybridized carbons (Fsp3) is 0.294. The molecule has 7 heteroatoms. The summed E-state index contributed by atoms with van der Waals surface area (Å²) in [5.74, 6) is 0.821. The monoisotopic (exact) mass is 367 g/mol. The number of methoxy groups -OCH3 is 1. The van der Waals surface area contributed by atoms with Crippen LogP contribution in [0.5, 0.6) is 11.5 Å². The van der Waals surface area contributed by atoms with Crippen molar-refractivity contribution in [1.29, 1.82) is 0 Å². The maximum absolute atomic E-state index is 13.3. The summed E-state index contributed by atoms with van der Waals surface area (Å²) in [6.45, 7) is 0.948. The van der Waals surface area contributed by atoms with Gasteiger partial charge in [0.15, 0.2) is 0 Å². The highest BCUT2D eigenvalue weighted by Crippen LogP contribution is 2.37. The number of hydrogen-bond acceptors (Lipinski definition) is 4. The van der Waals surface area contributed by atoms with Crippen molar-refractivity contribution < 1.29 is 17.9 Å². The molecule has 0 amide bonds. The number of anilines is 1. The van der Waals surface area contributed by atoms with Crippen molar-refractivity contribution in [1.82, 2.24) is 0 Å². The number of ether oxygens (including phenoxy) is 2. The van der Waals surface area contributed by atoms with Crippen LogP contribution in [0.25, 0.3) is 0 Å². The van der Waals surface area contributed by atoms with Gasteiger partial charge in [-0.1, -0.05) is 23.7 Å². The van der Waals surface area contributed by atoms with Crippen molar-refractivity contribution in [3.8, 4) is 11.5 Å². The van der Waals surface area contributed by atoms with Crippen LogP contribution in [0.4, 0.5) is 5.69 Å². The number of benzene rings is 2. The van der Waals surface area contributed by atoms with E-state index in [0.717, 1.165) is 6.42 Å². The second kappa shape index (κ2) is 6.91. The maximum atomic E-state index is 13.3. The SMILES string of the molecule is COc1ccc(Cl)cc1S(=O)(=O)N1CCCCOc2ccccc21. The second-order valence-corrected chi connectivity index (χ2v) is 7.66.